The van der Waals surface area contributed by atoms with Gasteiger partial charge in [0.05, 0.1) is 10.0 Å². The van der Waals surface area contributed by atoms with Crippen LogP contribution in [0, 0.1) is 13.8 Å². The van der Waals surface area contributed by atoms with Crippen molar-refractivity contribution in [3.05, 3.63) is 58.2 Å². The summed E-state index contributed by atoms with van der Waals surface area (Å²) < 4.78 is 0. The predicted octanol–water partition coefficient (Wildman–Crippen LogP) is 4.79. The Morgan fingerprint density at radius 1 is 1.19 bits per heavy atom. The molecule has 0 radical (unpaired) electrons. The largest absolute Gasteiger partial charge is 0.309 e. The van der Waals surface area contributed by atoms with E-state index in [2.05, 4.69) is 49.3 Å². The zero-order chi connectivity index (χ0) is 15.2. The lowest BCUT2D eigenvalue weighted by Gasteiger charge is -2.19. The minimum Gasteiger partial charge on any atom is -0.309 e. The highest BCUT2D eigenvalue weighted by molar-refractivity contribution is 7.99. The Kier molecular flexibility index (Phi) is 6.09. The Bertz CT molecular complexity index is 584. The average molecular weight is 321 g/mol. The molecule has 2 nitrogen and oxygen atoms in total. The van der Waals surface area contributed by atoms with E-state index in [1.54, 1.807) is 18.0 Å². The molecule has 2 rings (SSSR count). The van der Waals surface area contributed by atoms with Gasteiger partial charge in [0.15, 0.2) is 0 Å². The highest BCUT2D eigenvalue weighted by Gasteiger charge is 2.12. The van der Waals surface area contributed by atoms with E-state index >= 15 is 0 Å². The quantitative estimate of drug-likeness (QED) is 0.774. The van der Waals surface area contributed by atoms with Gasteiger partial charge in [0, 0.05) is 18.0 Å². The van der Waals surface area contributed by atoms with Crippen LogP contribution < -0.4 is 5.32 Å². The van der Waals surface area contributed by atoms with Gasteiger partial charge in [-0.1, -0.05) is 36.7 Å². The van der Waals surface area contributed by atoms with Crippen LogP contribution in [0.3, 0.4) is 0 Å². The number of nitrogens with one attached hydrogen (secondary N) is 1. The summed E-state index contributed by atoms with van der Waals surface area (Å²) in [6.45, 7) is 7.40. The van der Waals surface area contributed by atoms with Crippen LogP contribution in [0.15, 0.2) is 41.6 Å². The molecule has 0 aliphatic heterocycles. The topological polar surface area (TPSA) is 24.9 Å². The van der Waals surface area contributed by atoms with Crippen LogP contribution in [-0.4, -0.2) is 17.3 Å². The molecule has 1 aromatic carbocycles. The average Bonchev–Trinajstić information content (AvgIpc) is 2.48. The lowest BCUT2D eigenvalue weighted by atomic mass is 10.0. The molecule has 2 aromatic rings. The van der Waals surface area contributed by atoms with E-state index < -0.39 is 0 Å². The van der Waals surface area contributed by atoms with E-state index in [4.69, 9.17) is 11.6 Å². The molecule has 0 saturated heterocycles. The summed E-state index contributed by atoms with van der Waals surface area (Å²) in [5.41, 5.74) is 4.01. The van der Waals surface area contributed by atoms with Gasteiger partial charge >= 0.3 is 0 Å². The van der Waals surface area contributed by atoms with Crippen molar-refractivity contribution in [2.24, 2.45) is 0 Å². The Hall–Kier alpha value is -1.03. The molecule has 0 saturated carbocycles. The third kappa shape index (κ3) is 4.73. The van der Waals surface area contributed by atoms with Crippen LogP contribution in [0.2, 0.25) is 5.02 Å². The molecular formula is C17H21ClN2S. The van der Waals surface area contributed by atoms with Gasteiger partial charge in [-0.3, -0.25) is 0 Å². The van der Waals surface area contributed by atoms with Crippen LogP contribution in [0.1, 0.15) is 29.7 Å². The summed E-state index contributed by atoms with van der Waals surface area (Å²) in [6, 6.07) is 10.9. The maximum absolute atomic E-state index is 5.87. The Balaban J connectivity index is 2.07. The molecule has 4 heteroatoms. The number of thioether (sulfide) groups is 1. The van der Waals surface area contributed by atoms with Gasteiger partial charge in [0.25, 0.3) is 0 Å². The number of halogens is 1. The molecule has 0 aliphatic rings. The second kappa shape index (κ2) is 7.83. The van der Waals surface area contributed by atoms with E-state index in [9.17, 15) is 0 Å². The molecule has 21 heavy (non-hydrogen) atoms. The normalized spacial score (nSPS) is 12.4. The molecule has 1 unspecified atom stereocenters. The van der Waals surface area contributed by atoms with Gasteiger partial charge in [0.2, 0.25) is 0 Å². The summed E-state index contributed by atoms with van der Waals surface area (Å²) in [7, 11) is 0. The number of rotatable bonds is 6. The molecule has 1 atom stereocenters. The molecule has 112 valence electrons. The number of hydrogen-bond acceptors (Lipinski definition) is 3. The number of aryl methyl sites for hydroxylation is 2. The van der Waals surface area contributed by atoms with Gasteiger partial charge in [-0.2, -0.15) is 0 Å². The van der Waals surface area contributed by atoms with Gasteiger partial charge in [-0.05, 0) is 49.2 Å². The Labute approximate surface area is 136 Å². The van der Waals surface area contributed by atoms with Crippen molar-refractivity contribution in [3.63, 3.8) is 0 Å². The first-order valence-corrected chi connectivity index (χ1v) is 8.51. The van der Waals surface area contributed by atoms with Gasteiger partial charge in [0.1, 0.15) is 0 Å². The number of nitrogens with zero attached hydrogens (tertiary/aromatic N) is 1. The molecule has 0 aliphatic carbocycles. The fourth-order valence-electron chi connectivity index (χ4n) is 2.12. The second-order valence-electron chi connectivity index (χ2n) is 5.08. The zero-order valence-electron chi connectivity index (χ0n) is 12.7. The summed E-state index contributed by atoms with van der Waals surface area (Å²) in [5, 5.41) is 5.24. The van der Waals surface area contributed by atoms with E-state index in [-0.39, 0.29) is 0 Å². The predicted molar refractivity (Wildman–Crippen MR) is 92.3 cm³/mol. The fraction of sp³-hybridized carbons (Fsp3) is 0.353. The molecular weight excluding hydrogens is 300 g/mol. The number of benzene rings is 1. The standard InChI is InChI=1S/C17H21ClN2S/c1-4-19-16(14-6-5-12(2)13(3)9-14)11-21-17-8-7-15(18)10-20-17/h5-10,16,19H,4,11H2,1-3H3. The Morgan fingerprint density at radius 3 is 2.62 bits per heavy atom. The fourth-order valence-corrected chi connectivity index (χ4v) is 3.17. The smallest absolute Gasteiger partial charge is 0.0961 e. The van der Waals surface area contributed by atoms with E-state index in [0.29, 0.717) is 11.1 Å². The van der Waals surface area contributed by atoms with Crippen LogP contribution in [0.25, 0.3) is 0 Å². The first-order valence-electron chi connectivity index (χ1n) is 7.15. The van der Waals surface area contributed by atoms with Crippen molar-refractivity contribution < 1.29 is 0 Å². The van der Waals surface area contributed by atoms with Crippen molar-refractivity contribution in [2.45, 2.75) is 31.8 Å². The number of pyridine rings is 1. The lowest BCUT2D eigenvalue weighted by molar-refractivity contribution is 0.605. The summed E-state index contributed by atoms with van der Waals surface area (Å²) in [4.78, 5) is 4.34. The van der Waals surface area contributed by atoms with Crippen LogP contribution in [0.5, 0.6) is 0 Å². The molecule has 1 N–H and O–H groups in total. The van der Waals surface area contributed by atoms with Crippen molar-refractivity contribution in [1.82, 2.24) is 10.3 Å². The lowest BCUT2D eigenvalue weighted by Crippen LogP contribution is -2.23. The molecule has 0 fully saturated rings. The van der Waals surface area contributed by atoms with E-state index in [1.165, 1.54) is 16.7 Å². The zero-order valence-corrected chi connectivity index (χ0v) is 14.3. The first kappa shape index (κ1) is 16.3. The highest BCUT2D eigenvalue weighted by Crippen LogP contribution is 2.25. The SMILES string of the molecule is CCNC(CSc1ccc(Cl)cn1)c1ccc(C)c(C)c1. The summed E-state index contributed by atoms with van der Waals surface area (Å²) in [6.07, 6.45) is 1.70. The van der Waals surface area contributed by atoms with Crippen molar-refractivity contribution >= 4 is 23.4 Å². The third-order valence-electron chi connectivity index (χ3n) is 3.48. The van der Waals surface area contributed by atoms with Crippen molar-refractivity contribution in [2.75, 3.05) is 12.3 Å². The monoisotopic (exact) mass is 320 g/mol. The maximum Gasteiger partial charge on any atom is 0.0961 e. The van der Waals surface area contributed by atoms with Gasteiger partial charge < -0.3 is 5.32 Å². The summed E-state index contributed by atoms with van der Waals surface area (Å²) >= 11 is 7.62. The van der Waals surface area contributed by atoms with Gasteiger partial charge in [-0.15, -0.1) is 11.8 Å². The highest BCUT2D eigenvalue weighted by atomic mass is 35.5. The van der Waals surface area contributed by atoms with Crippen LogP contribution in [0.4, 0.5) is 0 Å². The minimum atomic E-state index is 0.330. The van der Waals surface area contributed by atoms with E-state index in [0.717, 1.165) is 17.3 Å². The maximum atomic E-state index is 5.87. The number of aromatic nitrogens is 1. The van der Waals surface area contributed by atoms with Crippen molar-refractivity contribution in [1.29, 1.82) is 0 Å². The minimum absolute atomic E-state index is 0.330. The van der Waals surface area contributed by atoms with Gasteiger partial charge in [-0.25, -0.2) is 4.98 Å². The van der Waals surface area contributed by atoms with Crippen LogP contribution >= 0.6 is 23.4 Å². The van der Waals surface area contributed by atoms with Crippen LogP contribution in [-0.2, 0) is 0 Å². The third-order valence-corrected chi connectivity index (χ3v) is 4.74. The van der Waals surface area contributed by atoms with Crippen molar-refractivity contribution in [3.8, 4) is 0 Å². The molecule has 0 bridgehead atoms. The number of hydrogen-bond donors (Lipinski definition) is 1. The molecule has 0 amide bonds. The molecule has 0 spiro atoms. The Morgan fingerprint density at radius 2 is 2.00 bits per heavy atom. The summed E-state index contributed by atoms with van der Waals surface area (Å²) in [5.74, 6) is 0.949. The first-order chi connectivity index (χ1) is 10.1. The molecule has 1 aromatic heterocycles. The van der Waals surface area contributed by atoms with E-state index in [1.807, 2.05) is 12.1 Å². The molecule has 1 heterocycles. The second-order valence-corrected chi connectivity index (χ2v) is 6.56.